The number of benzene rings is 1. The molecule has 0 aromatic heterocycles. The second-order valence-electron chi connectivity index (χ2n) is 7.41. The van der Waals surface area contributed by atoms with Crippen molar-refractivity contribution in [2.75, 3.05) is 32.8 Å². The molecular weight excluding hydrogens is 401 g/mol. The third-order valence-electron chi connectivity index (χ3n) is 4.03. The van der Waals surface area contributed by atoms with Crippen LogP contribution >= 0.6 is 0 Å². The topological polar surface area (TPSA) is 109 Å². The van der Waals surface area contributed by atoms with Crippen LogP contribution in [0.25, 0.3) is 0 Å². The first-order valence-electron chi connectivity index (χ1n) is 9.08. The Balaban J connectivity index is 2.05. The first kappa shape index (κ1) is 23.0. The Morgan fingerprint density at radius 3 is 2.38 bits per heavy atom. The zero-order valence-electron chi connectivity index (χ0n) is 16.7. The molecule has 2 N–H and O–H groups in total. The Labute approximate surface area is 170 Å². The van der Waals surface area contributed by atoms with E-state index in [2.05, 4.69) is 5.32 Å². The molecule has 1 aromatic rings. The summed E-state index contributed by atoms with van der Waals surface area (Å²) in [5, 5.41) is 10.6. The molecular formula is C19H26FN3O5S. The molecule has 1 saturated heterocycles. The minimum atomic E-state index is -3.65. The van der Waals surface area contributed by atoms with E-state index in [1.54, 1.807) is 20.8 Å². The van der Waals surface area contributed by atoms with E-state index >= 15 is 0 Å². The highest BCUT2D eigenvalue weighted by molar-refractivity contribution is 7.89. The van der Waals surface area contributed by atoms with Crippen molar-refractivity contribution < 1.29 is 27.1 Å². The van der Waals surface area contributed by atoms with Gasteiger partial charge in [-0.05, 0) is 38.5 Å². The molecule has 8 nitrogen and oxygen atoms in total. The normalized spacial score (nSPS) is 16.3. The van der Waals surface area contributed by atoms with Crippen LogP contribution in [0.5, 0.6) is 0 Å². The minimum absolute atomic E-state index is 0.0698. The van der Waals surface area contributed by atoms with E-state index in [4.69, 9.17) is 14.9 Å². The van der Waals surface area contributed by atoms with Gasteiger partial charge in [-0.2, -0.15) is 4.31 Å². The lowest BCUT2D eigenvalue weighted by Crippen LogP contribution is -2.40. The highest BCUT2D eigenvalue weighted by Gasteiger charge is 2.26. The SMILES string of the molecule is CC(C)(C)OC(=O)NCC(=CF)C(=N)c1ccc(S(=O)(=O)N2CCOCC2)cc1. The number of nitrogens with zero attached hydrogens (tertiary/aromatic N) is 1. The quantitative estimate of drug-likeness (QED) is 0.678. The number of amides is 1. The molecule has 1 aromatic carbocycles. The molecule has 2 rings (SSSR count). The maximum atomic E-state index is 13.3. The summed E-state index contributed by atoms with van der Waals surface area (Å²) < 4.78 is 50.1. The molecule has 10 heteroatoms. The number of halogens is 1. The number of rotatable bonds is 6. The van der Waals surface area contributed by atoms with Gasteiger partial charge in [0, 0.05) is 18.7 Å². The molecule has 1 amide bonds. The summed E-state index contributed by atoms with van der Waals surface area (Å²) in [5.74, 6) is 0. The second kappa shape index (κ2) is 9.47. The third-order valence-corrected chi connectivity index (χ3v) is 5.94. The second-order valence-corrected chi connectivity index (χ2v) is 9.34. The largest absolute Gasteiger partial charge is 0.444 e. The molecule has 1 heterocycles. The highest BCUT2D eigenvalue weighted by atomic mass is 32.2. The number of carbonyl (C=O) groups excluding carboxylic acids is 1. The van der Waals surface area contributed by atoms with Crippen molar-refractivity contribution in [2.24, 2.45) is 0 Å². The minimum Gasteiger partial charge on any atom is -0.444 e. The number of sulfonamides is 1. The summed E-state index contributed by atoms with van der Waals surface area (Å²) in [6, 6.07) is 5.64. The van der Waals surface area contributed by atoms with Crippen LogP contribution in [0.2, 0.25) is 0 Å². The number of nitrogens with one attached hydrogen (secondary N) is 2. The molecule has 0 atom stereocenters. The Hall–Kier alpha value is -2.30. The van der Waals surface area contributed by atoms with Gasteiger partial charge in [-0.25, -0.2) is 17.6 Å². The zero-order valence-corrected chi connectivity index (χ0v) is 17.5. The van der Waals surface area contributed by atoms with Crippen LogP contribution in [-0.4, -0.2) is 63.0 Å². The fraction of sp³-hybridized carbons (Fsp3) is 0.474. The van der Waals surface area contributed by atoms with Gasteiger partial charge < -0.3 is 14.8 Å². The first-order chi connectivity index (χ1) is 13.5. The van der Waals surface area contributed by atoms with Crippen LogP contribution in [-0.2, 0) is 19.5 Å². The summed E-state index contributed by atoms with van der Waals surface area (Å²) in [5.41, 5.74) is -0.613. The third kappa shape index (κ3) is 6.34. The monoisotopic (exact) mass is 427 g/mol. The summed E-state index contributed by atoms with van der Waals surface area (Å²) in [6.07, 6.45) is -0.491. The lowest BCUT2D eigenvalue weighted by Gasteiger charge is -2.26. The molecule has 0 spiro atoms. The highest BCUT2D eigenvalue weighted by Crippen LogP contribution is 2.19. The maximum absolute atomic E-state index is 13.3. The smallest absolute Gasteiger partial charge is 0.407 e. The standard InChI is InChI=1S/C19H26FN3O5S/c1-19(2,3)28-18(24)22-13-15(12-20)17(21)14-4-6-16(7-5-14)29(25,26)23-8-10-27-11-9-23/h4-7,12,21H,8-11,13H2,1-3H3,(H,22,24). The Bertz CT molecular complexity index is 870. The van der Waals surface area contributed by atoms with Crippen molar-refractivity contribution in [3.05, 3.63) is 41.7 Å². The van der Waals surface area contributed by atoms with Gasteiger partial charge in [0.1, 0.15) is 5.60 Å². The van der Waals surface area contributed by atoms with Crippen LogP contribution in [0.15, 0.2) is 41.1 Å². The summed E-state index contributed by atoms with van der Waals surface area (Å²) in [6.45, 7) is 6.12. The molecule has 1 aliphatic heterocycles. The van der Waals surface area contributed by atoms with Crippen LogP contribution in [0, 0.1) is 5.41 Å². The van der Waals surface area contributed by atoms with Crippen molar-refractivity contribution in [3.8, 4) is 0 Å². The summed E-state index contributed by atoms with van der Waals surface area (Å²) in [4.78, 5) is 11.8. The fourth-order valence-corrected chi connectivity index (χ4v) is 3.99. The first-order valence-corrected chi connectivity index (χ1v) is 10.5. The molecule has 0 bridgehead atoms. The van der Waals surface area contributed by atoms with E-state index in [1.807, 2.05) is 0 Å². The number of morpholine rings is 1. The van der Waals surface area contributed by atoms with Crippen LogP contribution in [0.1, 0.15) is 26.3 Å². The van der Waals surface area contributed by atoms with Crippen LogP contribution < -0.4 is 5.32 Å². The van der Waals surface area contributed by atoms with Gasteiger partial charge in [-0.3, -0.25) is 5.41 Å². The van der Waals surface area contributed by atoms with Crippen molar-refractivity contribution in [1.82, 2.24) is 9.62 Å². The number of carbonyl (C=O) groups is 1. The molecule has 0 unspecified atom stereocenters. The molecule has 160 valence electrons. The average molecular weight is 427 g/mol. The van der Waals surface area contributed by atoms with E-state index in [0.717, 1.165) is 0 Å². The van der Waals surface area contributed by atoms with Gasteiger partial charge in [-0.15, -0.1) is 0 Å². The van der Waals surface area contributed by atoms with E-state index < -0.39 is 21.7 Å². The zero-order chi connectivity index (χ0) is 21.7. The lowest BCUT2D eigenvalue weighted by molar-refractivity contribution is 0.0533. The molecule has 0 aliphatic carbocycles. The van der Waals surface area contributed by atoms with E-state index in [9.17, 15) is 17.6 Å². The predicted molar refractivity (Wildman–Crippen MR) is 106 cm³/mol. The van der Waals surface area contributed by atoms with Gasteiger partial charge in [0.2, 0.25) is 10.0 Å². The average Bonchev–Trinajstić information content (AvgIpc) is 2.67. The lowest BCUT2D eigenvalue weighted by atomic mass is 10.0. The van der Waals surface area contributed by atoms with Gasteiger partial charge in [0.25, 0.3) is 0 Å². The molecule has 1 aliphatic rings. The van der Waals surface area contributed by atoms with Gasteiger partial charge in [0.15, 0.2) is 0 Å². The molecule has 0 radical (unpaired) electrons. The van der Waals surface area contributed by atoms with Crippen LogP contribution in [0.4, 0.5) is 9.18 Å². The van der Waals surface area contributed by atoms with E-state index in [1.165, 1.54) is 28.6 Å². The van der Waals surface area contributed by atoms with E-state index in [0.29, 0.717) is 18.8 Å². The Morgan fingerprint density at radius 1 is 1.28 bits per heavy atom. The summed E-state index contributed by atoms with van der Waals surface area (Å²) in [7, 11) is -3.65. The predicted octanol–water partition coefficient (Wildman–Crippen LogP) is 2.45. The van der Waals surface area contributed by atoms with Crippen LogP contribution in [0.3, 0.4) is 0 Å². The maximum Gasteiger partial charge on any atom is 0.407 e. The number of alkyl carbamates (subject to hydrolysis) is 1. The van der Waals surface area contributed by atoms with Crippen molar-refractivity contribution in [3.63, 3.8) is 0 Å². The van der Waals surface area contributed by atoms with Crippen molar-refractivity contribution in [2.45, 2.75) is 31.3 Å². The van der Waals surface area contributed by atoms with Gasteiger partial charge in [-0.1, -0.05) is 12.1 Å². The number of hydrogen-bond acceptors (Lipinski definition) is 6. The van der Waals surface area contributed by atoms with Gasteiger partial charge in [0.05, 0.1) is 36.7 Å². The summed E-state index contributed by atoms with van der Waals surface area (Å²) >= 11 is 0. The number of hydrogen-bond donors (Lipinski definition) is 2. The van der Waals surface area contributed by atoms with Gasteiger partial charge >= 0.3 is 6.09 Å². The molecule has 0 saturated carbocycles. The van der Waals surface area contributed by atoms with E-state index in [-0.39, 0.29) is 42.1 Å². The molecule has 29 heavy (non-hydrogen) atoms. The fourth-order valence-electron chi connectivity index (χ4n) is 2.58. The Morgan fingerprint density at radius 2 is 1.86 bits per heavy atom. The molecule has 1 fully saturated rings. The van der Waals surface area contributed by atoms with Crippen molar-refractivity contribution in [1.29, 1.82) is 5.41 Å². The van der Waals surface area contributed by atoms with Crippen molar-refractivity contribution >= 4 is 21.8 Å². The Kier molecular flexibility index (Phi) is 7.50. The number of ether oxygens (including phenoxy) is 2.